The van der Waals surface area contributed by atoms with Gasteiger partial charge in [0, 0.05) is 52.2 Å². The number of nitrogens with one attached hydrogen (secondary N) is 1. The van der Waals surface area contributed by atoms with Crippen LogP contribution in [-0.2, 0) is 40.6 Å². The maximum Gasteiger partial charge on any atom is 0.261 e. The summed E-state index contributed by atoms with van der Waals surface area (Å²) in [6, 6.07) is 13.3. The number of carbonyl (C=O) groups is 2. The van der Waals surface area contributed by atoms with Crippen LogP contribution >= 0.6 is 0 Å². The van der Waals surface area contributed by atoms with Crippen molar-refractivity contribution in [3.8, 4) is 0 Å². The summed E-state index contributed by atoms with van der Waals surface area (Å²) in [4.78, 5) is 48.1. The molecule has 1 aliphatic rings. The summed E-state index contributed by atoms with van der Waals surface area (Å²) in [6.45, 7) is 10.5. The molecule has 4 heterocycles. The van der Waals surface area contributed by atoms with E-state index in [-0.39, 0.29) is 23.3 Å². The number of benzene rings is 1. The molecule has 0 spiro atoms. The summed E-state index contributed by atoms with van der Waals surface area (Å²) in [5.74, 6) is -0.317. The molecule has 3 aromatic heterocycles. The van der Waals surface area contributed by atoms with Crippen molar-refractivity contribution >= 4 is 34.2 Å². The van der Waals surface area contributed by atoms with Crippen LogP contribution in [0, 0.1) is 11.3 Å². The third-order valence-corrected chi connectivity index (χ3v) is 7.81. The van der Waals surface area contributed by atoms with Crippen LogP contribution in [0.3, 0.4) is 0 Å². The quantitative estimate of drug-likeness (QED) is 0.252. The molecule has 226 valence electrons. The highest BCUT2D eigenvalue weighted by Gasteiger charge is 2.43. The van der Waals surface area contributed by atoms with Gasteiger partial charge < -0.3 is 23.9 Å². The van der Waals surface area contributed by atoms with Crippen LogP contribution in [0.4, 0.5) is 11.4 Å². The Bertz CT molecular complexity index is 1690. The Morgan fingerprint density at radius 1 is 1.09 bits per heavy atom. The average Bonchev–Trinajstić information content (AvgIpc) is 3.44. The van der Waals surface area contributed by atoms with E-state index in [1.807, 2.05) is 30.3 Å². The van der Waals surface area contributed by atoms with Crippen molar-refractivity contribution in [1.82, 2.24) is 14.5 Å². The predicted molar refractivity (Wildman–Crippen MR) is 166 cm³/mol. The van der Waals surface area contributed by atoms with Crippen LogP contribution in [0.15, 0.2) is 70.3 Å². The molecule has 2 amide bonds. The van der Waals surface area contributed by atoms with E-state index >= 15 is 0 Å². The van der Waals surface area contributed by atoms with Crippen molar-refractivity contribution in [3.63, 3.8) is 0 Å². The Kier molecular flexibility index (Phi) is 8.79. The molecule has 1 N–H and O–H groups in total. The second-order valence-electron chi connectivity index (χ2n) is 12.0. The van der Waals surface area contributed by atoms with Crippen LogP contribution in [-0.4, -0.2) is 46.5 Å². The highest BCUT2D eigenvalue weighted by molar-refractivity contribution is 6.19. The lowest BCUT2D eigenvalue weighted by Crippen LogP contribution is -2.46. The van der Waals surface area contributed by atoms with Gasteiger partial charge in [-0.1, -0.05) is 26.0 Å². The summed E-state index contributed by atoms with van der Waals surface area (Å²) < 4.78 is 12.5. The third-order valence-electron chi connectivity index (χ3n) is 7.81. The summed E-state index contributed by atoms with van der Waals surface area (Å²) in [7, 11) is 1.65. The Hall–Kier alpha value is -4.28. The molecule has 1 aliphatic heterocycles. The lowest BCUT2D eigenvalue weighted by Gasteiger charge is -2.29. The zero-order chi connectivity index (χ0) is 30.7. The van der Waals surface area contributed by atoms with Gasteiger partial charge in [0.05, 0.1) is 35.3 Å². The molecular formula is C33H39N5O5. The van der Waals surface area contributed by atoms with Gasteiger partial charge in [-0.3, -0.25) is 24.3 Å². The Balaban J connectivity index is 1.46. The van der Waals surface area contributed by atoms with Crippen LogP contribution in [0.25, 0.3) is 11.0 Å². The van der Waals surface area contributed by atoms with Gasteiger partial charge in [0.2, 0.25) is 11.8 Å². The molecular weight excluding hydrogens is 546 g/mol. The number of hydrogen-bond acceptors (Lipinski definition) is 7. The Labute approximate surface area is 251 Å². The van der Waals surface area contributed by atoms with Gasteiger partial charge >= 0.3 is 0 Å². The number of aromatic nitrogens is 2. The van der Waals surface area contributed by atoms with Crippen LogP contribution in [0.2, 0.25) is 0 Å². The van der Waals surface area contributed by atoms with Gasteiger partial charge in [-0.25, -0.2) is 0 Å². The van der Waals surface area contributed by atoms with E-state index in [1.54, 1.807) is 55.0 Å². The average molecular weight is 586 g/mol. The monoisotopic (exact) mass is 585 g/mol. The first-order valence-corrected chi connectivity index (χ1v) is 14.6. The van der Waals surface area contributed by atoms with E-state index < -0.39 is 5.41 Å². The molecule has 1 aromatic carbocycles. The number of pyridine rings is 2. The molecule has 10 nitrogen and oxygen atoms in total. The number of amides is 2. The Morgan fingerprint density at radius 3 is 2.67 bits per heavy atom. The molecule has 43 heavy (non-hydrogen) atoms. The second kappa shape index (κ2) is 12.5. The first-order valence-electron chi connectivity index (χ1n) is 14.6. The normalized spacial score (nSPS) is 14.8. The molecule has 0 unspecified atom stereocenters. The zero-order valence-corrected chi connectivity index (χ0v) is 25.4. The Morgan fingerprint density at radius 2 is 1.91 bits per heavy atom. The van der Waals surface area contributed by atoms with Crippen LogP contribution in [0.1, 0.15) is 44.5 Å². The summed E-state index contributed by atoms with van der Waals surface area (Å²) in [5.41, 5.74) is 3.43. The maximum absolute atomic E-state index is 13.4. The fourth-order valence-corrected chi connectivity index (χ4v) is 5.41. The number of ether oxygens (including phenoxy) is 1. The molecule has 0 atom stereocenters. The van der Waals surface area contributed by atoms with Crippen molar-refractivity contribution < 1.29 is 18.7 Å². The third kappa shape index (κ3) is 6.40. The summed E-state index contributed by atoms with van der Waals surface area (Å²) in [5, 5.41) is 3.56. The van der Waals surface area contributed by atoms with Crippen LogP contribution in [0.5, 0.6) is 0 Å². The van der Waals surface area contributed by atoms with Crippen molar-refractivity contribution in [2.45, 2.75) is 53.9 Å². The second-order valence-corrected chi connectivity index (χ2v) is 12.0. The number of methoxy groups -OCH3 is 1. The van der Waals surface area contributed by atoms with Gasteiger partial charge in [0.15, 0.2) is 0 Å². The number of rotatable bonds is 11. The number of fused-ring (bicyclic) bond motifs is 2. The molecule has 4 aromatic rings. The predicted octanol–water partition coefficient (Wildman–Crippen LogP) is 4.81. The first-order chi connectivity index (χ1) is 20.6. The SMILES string of the molecule is COCc1ncccc1CN(CCn1ccc2occc2c1=O)Cc1ccc2c(c1)NC(=O)C(C)(C)C(=O)N2CC(C)C. The smallest absolute Gasteiger partial charge is 0.261 e. The number of nitrogens with zero attached hydrogens (tertiary/aromatic N) is 4. The van der Waals surface area contributed by atoms with Gasteiger partial charge in [-0.2, -0.15) is 0 Å². The lowest BCUT2D eigenvalue weighted by atomic mass is 9.90. The van der Waals surface area contributed by atoms with Crippen LogP contribution < -0.4 is 15.8 Å². The zero-order valence-electron chi connectivity index (χ0n) is 25.4. The molecule has 0 saturated carbocycles. The van der Waals surface area contributed by atoms with Crippen molar-refractivity contribution in [1.29, 1.82) is 0 Å². The molecule has 5 rings (SSSR count). The largest absolute Gasteiger partial charge is 0.464 e. The highest BCUT2D eigenvalue weighted by atomic mass is 16.5. The van der Waals surface area contributed by atoms with Gasteiger partial charge in [0.1, 0.15) is 11.0 Å². The molecule has 0 aliphatic carbocycles. The van der Waals surface area contributed by atoms with E-state index in [4.69, 9.17) is 9.15 Å². The fraction of sp³-hybridized carbons (Fsp3) is 0.394. The van der Waals surface area contributed by atoms with E-state index in [0.29, 0.717) is 61.7 Å². The minimum absolute atomic E-state index is 0.0991. The minimum Gasteiger partial charge on any atom is -0.464 e. The maximum atomic E-state index is 13.4. The number of anilines is 2. The van der Waals surface area contributed by atoms with Gasteiger partial charge in [-0.05, 0) is 61.2 Å². The van der Waals surface area contributed by atoms with E-state index in [1.165, 1.54) is 6.26 Å². The van der Waals surface area contributed by atoms with Gasteiger partial charge in [0.25, 0.3) is 5.56 Å². The first kappa shape index (κ1) is 30.2. The number of furan rings is 1. The molecule has 0 saturated heterocycles. The van der Waals surface area contributed by atoms with E-state index in [9.17, 15) is 14.4 Å². The summed E-state index contributed by atoms with van der Waals surface area (Å²) in [6.07, 6.45) is 5.03. The standard InChI is InChI=1S/C33H39N5O5/c1-22(2)18-38-28-9-8-23(17-26(28)35-31(40)33(3,4)32(38)41)19-36(20-24-7-6-12-34-27(24)21-42-5)14-15-37-13-10-29-25(30(37)39)11-16-43-29/h6-13,16-17,22H,14-15,18-21H2,1-5H3,(H,35,40). The van der Waals surface area contributed by atoms with E-state index in [0.717, 1.165) is 16.8 Å². The topological polar surface area (TPSA) is 110 Å². The summed E-state index contributed by atoms with van der Waals surface area (Å²) >= 11 is 0. The highest BCUT2D eigenvalue weighted by Crippen LogP contribution is 2.36. The molecule has 10 heteroatoms. The van der Waals surface area contributed by atoms with Crippen molar-refractivity contribution in [2.24, 2.45) is 11.3 Å². The molecule has 0 bridgehead atoms. The minimum atomic E-state index is -1.19. The van der Waals surface area contributed by atoms with Gasteiger partial charge in [-0.15, -0.1) is 0 Å². The number of hydrogen-bond donors (Lipinski definition) is 1. The lowest BCUT2D eigenvalue weighted by molar-refractivity contribution is -0.136. The molecule has 0 fully saturated rings. The van der Waals surface area contributed by atoms with E-state index in [2.05, 4.69) is 29.0 Å². The van der Waals surface area contributed by atoms with Crippen molar-refractivity contribution in [3.05, 3.63) is 88.3 Å². The fourth-order valence-electron chi connectivity index (χ4n) is 5.41. The molecule has 0 radical (unpaired) electrons. The number of carbonyl (C=O) groups excluding carboxylic acids is 2. The van der Waals surface area contributed by atoms with Crippen molar-refractivity contribution in [2.75, 3.05) is 30.4 Å².